The molecule has 1 rings (SSSR count). The van der Waals surface area contributed by atoms with Gasteiger partial charge in [0.05, 0.1) is 0 Å². The van der Waals surface area contributed by atoms with E-state index in [9.17, 15) is 0 Å². The summed E-state index contributed by atoms with van der Waals surface area (Å²) in [7, 11) is 1.95. The third-order valence-electron chi connectivity index (χ3n) is 2.50. The van der Waals surface area contributed by atoms with Gasteiger partial charge < -0.3 is 14.7 Å². The van der Waals surface area contributed by atoms with Crippen LogP contribution in [0, 0.1) is 0 Å². The summed E-state index contributed by atoms with van der Waals surface area (Å²) in [6.45, 7) is 8.24. The van der Waals surface area contributed by atoms with Gasteiger partial charge in [0, 0.05) is 26.1 Å². The van der Waals surface area contributed by atoms with E-state index in [1.54, 1.807) is 0 Å². The van der Waals surface area contributed by atoms with Gasteiger partial charge in [-0.25, -0.2) is 0 Å². The van der Waals surface area contributed by atoms with Gasteiger partial charge in [-0.15, -0.1) is 0 Å². The van der Waals surface area contributed by atoms with Crippen molar-refractivity contribution in [3.05, 3.63) is 5.89 Å². The van der Waals surface area contributed by atoms with Gasteiger partial charge in [-0.05, 0) is 32.0 Å². The van der Waals surface area contributed by atoms with Crippen LogP contribution in [-0.2, 0) is 6.42 Å². The molecule has 0 aliphatic carbocycles. The topological polar surface area (TPSA) is 54.2 Å². The summed E-state index contributed by atoms with van der Waals surface area (Å²) in [5.74, 6) is 1.37. The summed E-state index contributed by atoms with van der Waals surface area (Å²) >= 11 is 0. The number of hydrogen-bond donors (Lipinski definition) is 1. The molecule has 1 aromatic heterocycles. The van der Waals surface area contributed by atoms with Gasteiger partial charge in [0.15, 0.2) is 0 Å². The normalized spacial score (nSPS) is 12.8. The Labute approximate surface area is 97.2 Å². The fraction of sp³-hybridized carbons (Fsp3) is 0.818. The molecule has 0 aliphatic rings. The lowest BCUT2D eigenvalue weighted by molar-refractivity contribution is 0.361. The van der Waals surface area contributed by atoms with E-state index in [-0.39, 0.29) is 0 Å². The molecule has 1 heterocycles. The lowest BCUT2D eigenvalue weighted by atomic mass is 10.2. The van der Waals surface area contributed by atoms with Crippen molar-refractivity contribution in [2.24, 2.45) is 0 Å². The summed E-state index contributed by atoms with van der Waals surface area (Å²) in [4.78, 5) is 6.29. The van der Waals surface area contributed by atoms with Crippen molar-refractivity contribution >= 4 is 5.95 Å². The molecule has 0 amide bonds. The molecule has 0 saturated carbocycles. The molecule has 0 aromatic carbocycles. The van der Waals surface area contributed by atoms with E-state index in [0.29, 0.717) is 17.9 Å². The molecule has 92 valence electrons. The first-order chi connectivity index (χ1) is 7.67. The maximum atomic E-state index is 5.20. The van der Waals surface area contributed by atoms with E-state index >= 15 is 0 Å². The molecule has 16 heavy (non-hydrogen) atoms. The molecule has 1 aromatic rings. The van der Waals surface area contributed by atoms with Crippen molar-refractivity contribution in [1.29, 1.82) is 0 Å². The number of nitrogens with one attached hydrogen (secondary N) is 1. The Hall–Kier alpha value is -1.10. The van der Waals surface area contributed by atoms with E-state index in [4.69, 9.17) is 4.52 Å². The first kappa shape index (κ1) is 13.0. The van der Waals surface area contributed by atoms with Crippen LogP contribution in [0.3, 0.4) is 0 Å². The monoisotopic (exact) mass is 226 g/mol. The zero-order valence-electron chi connectivity index (χ0n) is 10.7. The molecule has 1 unspecified atom stereocenters. The summed E-state index contributed by atoms with van der Waals surface area (Å²) in [5.41, 5.74) is 0. The fourth-order valence-electron chi connectivity index (χ4n) is 1.35. The average Bonchev–Trinajstić information content (AvgIpc) is 2.73. The highest BCUT2D eigenvalue weighted by Crippen LogP contribution is 2.08. The second-order valence-electron chi connectivity index (χ2n) is 4.06. The van der Waals surface area contributed by atoms with Gasteiger partial charge in [0.25, 0.3) is 5.95 Å². The molecule has 0 aliphatic heterocycles. The Morgan fingerprint density at radius 1 is 1.44 bits per heavy atom. The van der Waals surface area contributed by atoms with Gasteiger partial charge in [-0.3, -0.25) is 0 Å². The average molecular weight is 226 g/mol. The Bertz CT molecular complexity index is 300. The Morgan fingerprint density at radius 3 is 2.81 bits per heavy atom. The van der Waals surface area contributed by atoms with Crippen molar-refractivity contribution in [2.75, 3.05) is 25.0 Å². The van der Waals surface area contributed by atoms with Gasteiger partial charge >= 0.3 is 0 Å². The van der Waals surface area contributed by atoms with E-state index in [2.05, 4.69) is 36.2 Å². The van der Waals surface area contributed by atoms with Crippen LogP contribution >= 0.6 is 0 Å². The summed E-state index contributed by atoms with van der Waals surface area (Å²) in [5, 5.41) is 7.32. The highest BCUT2D eigenvalue weighted by Gasteiger charge is 2.11. The second-order valence-corrected chi connectivity index (χ2v) is 4.06. The highest BCUT2D eigenvalue weighted by atomic mass is 16.5. The lowest BCUT2D eigenvalue weighted by Gasteiger charge is -2.10. The summed E-state index contributed by atoms with van der Waals surface area (Å²) in [6.07, 6.45) is 1.92. The SMILES string of the molecule is CCCNC(C)Cc1nc(N(C)CC)no1. The van der Waals surface area contributed by atoms with Crippen LogP contribution in [0.5, 0.6) is 0 Å². The van der Waals surface area contributed by atoms with E-state index in [1.807, 2.05) is 11.9 Å². The van der Waals surface area contributed by atoms with Crippen molar-refractivity contribution in [3.63, 3.8) is 0 Å². The quantitative estimate of drug-likeness (QED) is 0.762. The van der Waals surface area contributed by atoms with Crippen LogP contribution in [0.25, 0.3) is 0 Å². The third kappa shape index (κ3) is 3.81. The van der Waals surface area contributed by atoms with Crippen LogP contribution in [-0.4, -0.2) is 36.3 Å². The first-order valence-electron chi connectivity index (χ1n) is 5.94. The van der Waals surface area contributed by atoms with Gasteiger partial charge in [0.1, 0.15) is 0 Å². The molecule has 0 saturated heterocycles. The smallest absolute Gasteiger partial charge is 0.265 e. The van der Waals surface area contributed by atoms with Crippen LogP contribution in [0.4, 0.5) is 5.95 Å². The summed E-state index contributed by atoms with van der Waals surface area (Å²) < 4.78 is 5.20. The van der Waals surface area contributed by atoms with Crippen LogP contribution in [0.1, 0.15) is 33.1 Å². The minimum atomic E-state index is 0.375. The zero-order valence-corrected chi connectivity index (χ0v) is 10.7. The van der Waals surface area contributed by atoms with Crippen LogP contribution in [0.2, 0.25) is 0 Å². The largest absolute Gasteiger partial charge is 0.342 e. The number of anilines is 1. The molecular formula is C11H22N4O. The number of aromatic nitrogens is 2. The van der Waals surface area contributed by atoms with Crippen molar-refractivity contribution in [1.82, 2.24) is 15.5 Å². The highest BCUT2D eigenvalue weighted by molar-refractivity contribution is 5.25. The van der Waals surface area contributed by atoms with Gasteiger partial charge in [-0.2, -0.15) is 4.98 Å². The minimum Gasteiger partial charge on any atom is -0.342 e. The van der Waals surface area contributed by atoms with Crippen molar-refractivity contribution in [3.8, 4) is 0 Å². The van der Waals surface area contributed by atoms with Crippen molar-refractivity contribution in [2.45, 2.75) is 39.7 Å². The molecule has 5 heteroatoms. The van der Waals surface area contributed by atoms with Crippen LogP contribution < -0.4 is 10.2 Å². The van der Waals surface area contributed by atoms with E-state index in [0.717, 1.165) is 25.9 Å². The Kier molecular flexibility index (Phi) is 5.25. The Morgan fingerprint density at radius 2 is 2.19 bits per heavy atom. The fourth-order valence-corrected chi connectivity index (χ4v) is 1.35. The molecule has 5 nitrogen and oxygen atoms in total. The van der Waals surface area contributed by atoms with Crippen molar-refractivity contribution < 1.29 is 4.52 Å². The number of hydrogen-bond acceptors (Lipinski definition) is 5. The van der Waals surface area contributed by atoms with Gasteiger partial charge in [-0.1, -0.05) is 6.92 Å². The molecule has 0 radical (unpaired) electrons. The molecule has 0 spiro atoms. The zero-order chi connectivity index (χ0) is 12.0. The first-order valence-corrected chi connectivity index (χ1v) is 5.94. The minimum absolute atomic E-state index is 0.375. The third-order valence-corrected chi connectivity index (χ3v) is 2.50. The predicted octanol–water partition coefficient (Wildman–Crippen LogP) is 1.46. The molecule has 0 fully saturated rings. The van der Waals surface area contributed by atoms with Crippen LogP contribution in [0.15, 0.2) is 4.52 Å². The molecule has 1 N–H and O–H groups in total. The Balaban J connectivity index is 2.45. The maximum absolute atomic E-state index is 5.20. The molecular weight excluding hydrogens is 204 g/mol. The lowest BCUT2D eigenvalue weighted by Crippen LogP contribution is -2.28. The standard InChI is InChI=1S/C11H22N4O/c1-5-7-12-9(3)8-10-13-11(14-16-10)15(4)6-2/h9,12H,5-8H2,1-4H3. The van der Waals surface area contributed by atoms with E-state index < -0.39 is 0 Å². The second kappa shape index (κ2) is 6.48. The van der Waals surface area contributed by atoms with Gasteiger partial charge in [0.2, 0.25) is 5.89 Å². The number of nitrogens with zero attached hydrogens (tertiary/aromatic N) is 3. The maximum Gasteiger partial charge on any atom is 0.265 e. The molecule has 1 atom stereocenters. The van der Waals surface area contributed by atoms with E-state index in [1.165, 1.54) is 0 Å². The number of rotatable bonds is 7. The molecule has 0 bridgehead atoms. The summed E-state index contributed by atoms with van der Waals surface area (Å²) in [6, 6.07) is 0.375. The predicted molar refractivity (Wildman–Crippen MR) is 64.7 cm³/mol.